The van der Waals surface area contributed by atoms with Gasteiger partial charge in [-0.1, -0.05) is 0 Å². The number of isothiocyanates is 1. The molecule has 0 radical (unpaired) electrons. The molecule has 0 aliphatic carbocycles. The summed E-state index contributed by atoms with van der Waals surface area (Å²) >= 11 is 9.33. The van der Waals surface area contributed by atoms with Crippen LogP contribution in [0.15, 0.2) is 78.6 Å². The van der Waals surface area contributed by atoms with Crippen molar-refractivity contribution in [3.63, 3.8) is 0 Å². The van der Waals surface area contributed by atoms with Crippen LogP contribution in [0.5, 0.6) is 0 Å². The van der Waals surface area contributed by atoms with Gasteiger partial charge in [-0.15, -0.1) is 0 Å². The highest BCUT2D eigenvalue weighted by molar-refractivity contribution is 7.78. The molecular formula is C25H33N11O3S2. The van der Waals surface area contributed by atoms with E-state index in [0.29, 0.717) is 15.9 Å². The van der Waals surface area contributed by atoms with Crippen LogP contribution in [-0.2, 0) is 11.3 Å². The van der Waals surface area contributed by atoms with E-state index in [1.165, 1.54) is 19.5 Å². The van der Waals surface area contributed by atoms with E-state index in [9.17, 15) is 9.59 Å². The molecule has 0 aliphatic heterocycles. The van der Waals surface area contributed by atoms with E-state index in [1.54, 1.807) is 49.1 Å². The minimum Gasteiger partial charge on any atom is -0.465 e. The molecule has 218 valence electrons. The van der Waals surface area contributed by atoms with Gasteiger partial charge < -0.3 is 9.30 Å². The molecule has 0 spiro atoms. The summed E-state index contributed by atoms with van der Waals surface area (Å²) in [4.78, 5) is 36.6. The lowest BCUT2D eigenvalue weighted by Gasteiger charge is -2.01. The Bertz CT molecular complexity index is 1310. The number of ether oxygens (including phenoxy) is 1. The average molecular weight is 600 g/mol. The summed E-state index contributed by atoms with van der Waals surface area (Å²) < 4.78 is 7.04. The van der Waals surface area contributed by atoms with Crippen molar-refractivity contribution in [2.24, 2.45) is 22.5 Å². The number of rotatable bonds is 5. The highest BCUT2D eigenvalue weighted by Gasteiger charge is 2.06. The van der Waals surface area contributed by atoms with Crippen molar-refractivity contribution in [2.75, 3.05) is 13.7 Å². The molecule has 16 heteroatoms. The number of nitrogens with two attached hydrogens (primary N) is 3. The molecule has 0 unspecified atom stereocenters. The standard InChI is InChI=1S/C9H10N4S.C7H7NO2.C6H7N3O.C3H5NS.H4N2/c1-2-13-8(11-12-9(13)14)7-4-3-5-10-6-7;1-10-7(9)6-3-2-4-8-5-6;7-9-6(10)5-2-1-3-8-4-5;1-2-4-3-5;1-2/h3-6H,2H2,1H3,(H,12,14);2-5H,1H3;1-4H,7H2,(H,9,10);2H2,1H3;1-2H2. The van der Waals surface area contributed by atoms with Gasteiger partial charge in [0.05, 0.1) is 23.4 Å². The van der Waals surface area contributed by atoms with Crippen molar-refractivity contribution < 1.29 is 14.3 Å². The summed E-state index contributed by atoms with van der Waals surface area (Å²) in [5.74, 6) is 13.0. The first-order valence-electron chi connectivity index (χ1n) is 11.7. The predicted octanol–water partition coefficient (Wildman–Crippen LogP) is 2.50. The van der Waals surface area contributed by atoms with Gasteiger partial charge in [-0.25, -0.2) is 15.6 Å². The van der Waals surface area contributed by atoms with Crippen LogP contribution in [0.25, 0.3) is 11.4 Å². The number of nitrogens with one attached hydrogen (secondary N) is 2. The van der Waals surface area contributed by atoms with E-state index < -0.39 is 0 Å². The number of amides is 1. The Kier molecular flexibility index (Phi) is 20.7. The number of carbonyl (C=O) groups excluding carboxylic acids is 2. The van der Waals surface area contributed by atoms with Gasteiger partial charge >= 0.3 is 5.97 Å². The number of methoxy groups -OCH3 is 1. The van der Waals surface area contributed by atoms with Crippen LogP contribution in [0.2, 0.25) is 0 Å². The zero-order valence-electron chi connectivity index (χ0n) is 22.8. The molecule has 8 N–H and O–H groups in total. The largest absolute Gasteiger partial charge is 0.465 e. The number of carbonyl (C=O) groups is 2. The summed E-state index contributed by atoms with van der Waals surface area (Å²) in [6, 6.07) is 10.5. The molecule has 0 aliphatic rings. The van der Waals surface area contributed by atoms with Crippen molar-refractivity contribution in [3.8, 4) is 11.4 Å². The number of hydrogen-bond acceptors (Lipinski definition) is 13. The van der Waals surface area contributed by atoms with Gasteiger partial charge in [-0.05, 0) is 74.7 Å². The van der Waals surface area contributed by atoms with E-state index in [1.807, 2.05) is 36.0 Å². The number of aromatic amines is 1. The van der Waals surface area contributed by atoms with Crippen LogP contribution < -0.4 is 23.0 Å². The van der Waals surface area contributed by atoms with Gasteiger partial charge in [0.15, 0.2) is 10.6 Å². The summed E-state index contributed by atoms with van der Waals surface area (Å²) in [7, 11) is 1.34. The molecule has 0 aromatic carbocycles. The summed E-state index contributed by atoms with van der Waals surface area (Å²) in [6.45, 7) is 5.51. The Morgan fingerprint density at radius 1 is 1.02 bits per heavy atom. The number of hydrazine groups is 2. The van der Waals surface area contributed by atoms with Crippen molar-refractivity contribution in [1.82, 2.24) is 35.1 Å². The molecule has 41 heavy (non-hydrogen) atoms. The normalized spacial score (nSPS) is 8.73. The van der Waals surface area contributed by atoms with Crippen LogP contribution in [0.3, 0.4) is 0 Å². The number of pyridine rings is 3. The van der Waals surface area contributed by atoms with Crippen molar-refractivity contribution >= 4 is 41.5 Å². The third-order valence-electron chi connectivity index (χ3n) is 4.35. The van der Waals surface area contributed by atoms with E-state index >= 15 is 0 Å². The smallest absolute Gasteiger partial charge is 0.339 e. The SMILES string of the molecule is CCN=C=S.CCn1c(-c2cccnc2)n[nH]c1=S.COC(=O)c1cccnc1.NN.NNC(=O)c1cccnc1. The quantitative estimate of drug-likeness (QED) is 0.0558. The molecule has 0 saturated carbocycles. The Morgan fingerprint density at radius 2 is 1.59 bits per heavy atom. The fourth-order valence-corrected chi connectivity index (χ4v) is 2.96. The highest BCUT2D eigenvalue weighted by Crippen LogP contribution is 2.14. The molecule has 14 nitrogen and oxygen atoms in total. The first-order chi connectivity index (χ1) is 19.9. The Morgan fingerprint density at radius 3 is 1.98 bits per heavy atom. The third-order valence-corrected chi connectivity index (χ3v) is 4.80. The first-order valence-corrected chi connectivity index (χ1v) is 12.6. The lowest BCUT2D eigenvalue weighted by atomic mass is 10.3. The molecular weight excluding hydrogens is 566 g/mol. The second kappa shape index (κ2) is 23.3. The number of nitrogen functional groups attached to an aromatic ring is 1. The Hall–Kier alpha value is -4.57. The van der Waals surface area contributed by atoms with Crippen LogP contribution in [0.4, 0.5) is 0 Å². The van der Waals surface area contributed by atoms with Gasteiger partial charge in [0.2, 0.25) is 0 Å². The topological polar surface area (TPSA) is 218 Å². The van der Waals surface area contributed by atoms with Gasteiger partial charge in [-0.3, -0.25) is 42.0 Å². The summed E-state index contributed by atoms with van der Waals surface area (Å²) in [5, 5.41) is 9.16. The van der Waals surface area contributed by atoms with E-state index in [4.69, 9.17) is 18.1 Å². The highest BCUT2D eigenvalue weighted by atomic mass is 32.1. The molecule has 0 bridgehead atoms. The second-order valence-corrected chi connectivity index (χ2v) is 7.42. The first kappa shape index (κ1) is 36.4. The number of nitrogens with zero attached hydrogens (tertiary/aromatic N) is 6. The monoisotopic (exact) mass is 599 g/mol. The number of aromatic nitrogens is 6. The van der Waals surface area contributed by atoms with Crippen LogP contribution in [0, 0.1) is 4.77 Å². The number of thiocarbonyl (C=S) groups is 1. The van der Waals surface area contributed by atoms with Crippen molar-refractivity contribution in [3.05, 3.63) is 89.5 Å². The molecule has 4 aromatic rings. The van der Waals surface area contributed by atoms with Gasteiger partial charge in [0.25, 0.3) is 5.91 Å². The molecule has 4 heterocycles. The van der Waals surface area contributed by atoms with E-state index in [-0.39, 0.29) is 11.9 Å². The zero-order valence-corrected chi connectivity index (χ0v) is 24.4. The molecule has 0 fully saturated rings. The summed E-state index contributed by atoms with van der Waals surface area (Å²) in [5.41, 5.74) is 3.92. The van der Waals surface area contributed by atoms with Crippen molar-refractivity contribution in [1.29, 1.82) is 0 Å². The second-order valence-electron chi connectivity index (χ2n) is 6.85. The van der Waals surface area contributed by atoms with Crippen molar-refractivity contribution in [2.45, 2.75) is 20.4 Å². The minimum absolute atomic E-state index is 0.326. The molecule has 4 aromatic heterocycles. The van der Waals surface area contributed by atoms with Crippen LogP contribution >= 0.6 is 24.4 Å². The molecule has 0 atom stereocenters. The minimum atomic E-state index is -0.354. The van der Waals surface area contributed by atoms with E-state index in [0.717, 1.165) is 24.5 Å². The number of H-pyrrole nitrogens is 1. The maximum atomic E-state index is 10.8. The number of esters is 1. The predicted molar refractivity (Wildman–Crippen MR) is 162 cm³/mol. The Labute approximate surface area is 248 Å². The van der Waals surface area contributed by atoms with Gasteiger partial charge in [0, 0.05) is 55.8 Å². The maximum Gasteiger partial charge on any atom is 0.339 e. The molecule has 4 rings (SSSR count). The molecule has 1 amide bonds. The third kappa shape index (κ3) is 14.4. The fraction of sp³-hybridized carbons (Fsp3) is 0.200. The van der Waals surface area contributed by atoms with Gasteiger partial charge in [-0.2, -0.15) is 5.10 Å². The van der Waals surface area contributed by atoms with Crippen LogP contribution in [-0.4, -0.2) is 60.4 Å². The number of aliphatic imine (C=N–C) groups is 1. The van der Waals surface area contributed by atoms with Gasteiger partial charge in [0.1, 0.15) is 0 Å². The maximum absolute atomic E-state index is 10.8. The average Bonchev–Trinajstić information content (AvgIpc) is 3.44. The lowest BCUT2D eigenvalue weighted by Crippen LogP contribution is -2.29. The summed E-state index contributed by atoms with van der Waals surface area (Å²) in [6.07, 6.45) is 9.62. The van der Waals surface area contributed by atoms with E-state index in [2.05, 4.69) is 63.9 Å². The Balaban J connectivity index is 0.000000535. The lowest BCUT2D eigenvalue weighted by molar-refractivity contribution is 0.0600. The fourth-order valence-electron chi connectivity index (χ4n) is 2.57. The van der Waals surface area contributed by atoms with Crippen LogP contribution in [0.1, 0.15) is 34.6 Å². The molecule has 0 saturated heterocycles. The zero-order chi connectivity index (χ0) is 30.9. The number of hydrogen-bond donors (Lipinski definition) is 5.